The molecule has 0 aliphatic carbocycles. The quantitative estimate of drug-likeness (QED) is 0.319. The van der Waals surface area contributed by atoms with Gasteiger partial charge in [-0.3, -0.25) is 4.79 Å². The van der Waals surface area contributed by atoms with Gasteiger partial charge in [0.05, 0.1) is 40.5 Å². The Morgan fingerprint density at radius 3 is 2.43 bits per heavy atom. The molecule has 0 fully saturated rings. The Balaban J connectivity index is 1.90. The summed E-state index contributed by atoms with van der Waals surface area (Å²) in [6, 6.07) is 13.4. The van der Waals surface area contributed by atoms with Crippen molar-refractivity contribution in [3.8, 4) is 6.07 Å². The van der Waals surface area contributed by atoms with Crippen LogP contribution in [0.15, 0.2) is 58.3 Å². The van der Waals surface area contributed by atoms with E-state index in [-0.39, 0.29) is 30.4 Å². The second-order valence-corrected chi connectivity index (χ2v) is 10.1. The van der Waals surface area contributed by atoms with Crippen molar-refractivity contribution in [3.63, 3.8) is 0 Å². The molecule has 9 heteroatoms. The smallest absolute Gasteiger partial charge is 0.336 e. The summed E-state index contributed by atoms with van der Waals surface area (Å²) in [5.74, 6) is -1.45. The maximum absolute atomic E-state index is 13.1. The van der Waals surface area contributed by atoms with E-state index in [0.29, 0.717) is 26.9 Å². The first kappa shape index (κ1) is 28.3. The summed E-state index contributed by atoms with van der Waals surface area (Å²) in [5.41, 5.74) is 5.59. The molecule has 2 N–H and O–H groups in total. The number of amides is 1. The number of carbonyl (C=O) groups is 2. The molecule has 1 aliphatic heterocycles. The minimum atomic E-state index is -0.748. The molecule has 1 atom stereocenters. The average Bonchev–Trinajstić information content (AvgIpc) is 2.84. The summed E-state index contributed by atoms with van der Waals surface area (Å²) in [7, 11) is 1.52. The summed E-state index contributed by atoms with van der Waals surface area (Å²) in [6.07, 6.45) is 0. The van der Waals surface area contributed by atoms with Crippen molar-refractivity contribution in [2.24, 2.45) is 0 Å². The van der Waals surface area contributed by atoms with Gasteiger partial charge in [-0.15, -0.1) is 0 Å². The molecule has 0 aromatic heterocycles. The molecule has 0 spiro atoms. The largest absolute Gasteiger partial charge is 0.460 e. The molecule has 1 unspecified atom stereocenters. The fourth-order valence-electron chi connectivity index (χ4n) is 4.30. The second kappa shape index (κ2) is 12.8. The summed E-state index contributed by atoms with van der Waals surface area (Å²) in [6.45, 7) is 7.99. The number of dihydropyridines is 1. The number of aryl methyl sites for hydroxylation is 3. The predicted octanol–water partition coefficient (Wildman–Crippen LogP) is 5.52. The molecule has 37 heavy (non-hydrogen) atoms. The molecule has 2 aromatic rings. The number of nitriles is 1. The third kappa shape index (κ3) is 6.75. The zero-order valence-corrected chi connectivity index (χ0v) is 23.1. The van der Waals surface area contributed by atoms with E-state index in [2.05, 4.69) is 16.7 Å². The van der Waals surface area contributed by atoms with E-state index < -0.39 is 11.9 Å². The van der Waals surface area contributed by atoms with Crippen molar-refractivity contribution in [1.82, 2.24) is 5.32 Å². The Morgan fingerprint density at radius 1 is 1.14 bits per heavy atom. The number of benzene rings is 2. The van der Waals surface area contributed by atoms with Gasteiger partial charge in [0.25, 0.3) is 0 Å². The van der Waals surface area contributed by atoms with Gasteiger partial charge in [-0.1, -0.05) is 59.3 Å². The molecule has 3 rings (SSSR count). The van der Waals surface area contributed by atoms with Crippen molar-refractivity contribution in [3.05, 3.63) is 85.5 Å². The molecular weight excluding hydrogens is 510 g/mol. The lowest BCUT2D eigenvalue weighted by molar-refractivity contribution is -0.140. The molecule has 2 aromatic carbocycles. The van der Waals surface area contributed by atoms with Crippen molar-refractivity contribution >= 4 is 40.9 Å². The number of rotatable bonds is 9. The van der Waals surface area contributed by atoms with Crippen LogP contribution in [0.3, 0.4) is 0 Å². The van der Waals surface area contributed by atoms with Crippen molar-refractivity contribution < 1.29 is 19.1 Å². The van der Waals surface area contributed by atoms with E-state index in [1.807, 2.05) is 32.9 Å². The number of nitrogens with zero attached hydrogens (tertiary/aromatic N) is 1. The normalized spacial score (nSPS) is 15.2. The number of esters is 1. The topological polar surface area (TPSA) is 100 Å². The number of methoxy groups -OCH3 is 1. The lowest BCUT2D eigenvalue weighted by atomic mass is 9.82. The van der Waals surface area contributed by atoms with Gasteiger partial charge < -0.3 is 20.1 Å². The Kier molecular flexibility index (Phi) is 9.81. The molecule has 7 nitrogen and oxygen atoms in total. The first-order chi connectivity index (χ1) is 17.7. The summed E-state index contributed by atoms with van der Waals surface area (Å²) in [5, 5.41) is 17.2. The third-order valence-corrected chi connectivity index (χ3v) is 7.25. The lowest BCUT2D eigenvalue weighted by Crippen LogP contribution is -2.30. The molecule has 1 aliphatic rings. The minimum absolute atomic E-state index is 0.0659. The highest BCUT2D eigenvalue weighted by Crippen LogP contribution is 2.43. The Bertz CT molecular complexity index is 1290. The summed E-state index contributed by atoms with van der Waals surface area (Å²) < 4.78 is 10.4. The van der Waals surface area contributed by atoms with E-state index in [9.17, 15) is 14.9 Å². The highest BCUT2D eigenvalue weighted by Gasteiger charge is 2.36. The van der Waals surface area contributed by atoms with Crippen LogP contribution in [0.1, 0.15) is 35.1 Å². The zero-order valence-electron chi connectivity index (χ0n) is 21.5. The molecule has 0 saturated carbocycles. The minimum Gasteiger partial charge on any atom is -0.460 e. The first-order valence-corrected chi connectivity index (χ1v) is 13.1. The fraction of sp³-hybridized carbons (Fsp3) is 0.321. The van der Waals surface area contributed by atoms with Crippen LogP contribution in [0.4, 0.5) is 5.69 Å². The molecular formula is C28H30ClN3O4S. The summed E-state index contributed by atoms with van der Waals surface area (Å²) >= 11 is 7.71. The standard InChI is InChI=1S/C28H30ClN3O4S/c1-16-12-17(2)26(18(3)13-16)32-23(33)15-37-27-21(14-30)25(20-8-6-7-9-22(20)29)24(19(4)31-27)28(34)36-11-10-35-5/h6-9,12-13,25,31H,10-11,15H2,1-5H3,(H,32,33). The predicted molar refractivity (Wildman–Crippen MR) is 147 cm³/mol. The van der Waals surface area contributed by atoms with Crippen LogP contribution in [-0.4, -0.2) is 38.0 Å². The number of hydrogen-bond acceptors (Lipinski definition) is 7. The molecule has 0 radical (unpaired) electrons. The second-order valence-electron chi connectivity index (χ2n) is 8.71. The van der Waals surface area contributed by atoms with E-state index in [4.69, 9.17) is 21.1 Å². The van der Waals surface area contributed by atoms with Crippen LogP contribution in [0.5, 0.6) is 0 Å². The zero-order chi connectivity index (χ0) is 27.1. The van der Waals surface area contributed by atoms with Gasteiger partial charge in [0.2, 0.25) is 5.91 Å². The van der Waals surface area contributed by atoms with E-state index in [0.717, 1.165) is 22.4 Å². The number of hydrogen-bond donors (Lipinski definition) is 2. The van der Waals surface area contributed by atoms with Gasteiger partial charge in [-0.2, -0.15) is 5.26 Å². The van der Waals surface area contributed by atoms with E-state index in [1.165, 1.54) is 18.9 Å². The van der Waals surface area contributed by atoms with E-state index in [1.54, 1.807) is 31.2 Å². The van der Waals surface area contributed by atoms with Gasteiger partial charge in [0.1, 0.15) is 6.61 Å². The Morgan fingerprint density at radius 2 is 1.81 bits per heavy atom. The van der Waals surface area contributed by atoms with Crippen LogP contribution >= 0.6 is 23.4 Å². The Hall–Kier alpha value is -3.25. The average molecular weight is 540 g/mol. The number of nitrogens with one attached hydrogen (secondary N) is 2. The molecule has 1 amide bonds. The monoisotopic (exact) mass is 539 g/mol. The molecule has 0 bridgehead atoms. The highest BCUT2D eigenvalue weighted by molar-refractivity contribution is 8.03. The highest BCUT2D eigenvalue weighted by atomic mass is 35.5. The number of carbonyl (C=O) groups excluding carboxylic acids is 2. The summed E-state index contributed by atoms with van der Waals surface area (Å²) in [4.78, 5) is 25.9. The first-order valence-electron chi connectivity index (χ1n) is 11.7. The number of halogens is 1. The number of anilines is 1. The van der Waals surface area contributed by atoms with Gasteiger partial charge in [0, 0.05) is 23.5 Å². The SMILES string of the molecule is COCCOC(=O)C1=C(C)NC(SCC(=O)Nc2c(C)cc(C)cc2C)=C(C#N)C1c1ccccc1Cl. The molecule has 0 saturated heterocycles. The van der Waals surface area contributed by atoms with Gasteiger partial charge in [-0.05, 0) is 50.5 Å². The van der Waals surface area contributed by atoms with Gasteiger partial charge in [0.15, 0.2) is 0 Å². The third-order valence-electron chi connectivity index (χ3n) is 5.89. The number of thioether (sulfide) groups is 1. The fourth-order valence-corrected chi connectivity index (χ4v) is 5.44. The lowest BCUT2D eigenvalue weighted by Gasteiger charge is -2.29. The maximum Gasteiger partial charge on any atom is 0.336 e. The Labute approximate surface area is 226 Å². The van der Waals surface area contributed by atoms with Crippen LogP contribution in [0.2, 0.25) is 5.02 Å². The van der Waals surface area contributed by atoms with Crippen LogP contribution in [-0.2, 0) is 19.1 Å². The molecule has 194 valence electrons. The maximum atomic E-state index is 13.1. The number of ether oxygens (including phenoxy) is 2. The van der Waals surface area contributed by atoms with Crippen LogP contribution < -0.4 is 10.6 Å². The van der Waals surface area contributed by atoms with Crippen LogP contribution in [0, 0.1) is 32.1 Å². The van der Waals surface area contributed by atoms with Crippen molar-refractivity contribution in [2.75, 3.05) is 31.4 Å². The van der Waals surface area contributed by atoms with Crippen LogP contribution in [0.25, 0.3) is 0 Å². The van der Waals surface area contributed by atoms with Crippen molar-refractivity contribution in [2.45, 2.75) is 33.6 Å². The van der Waals surface area contributed by atoms with E-state index >= 15 is 0 Å². The molecule has 1 heterocycles. The van der Waals surface area contributed by atoms with Gasteiger partial charge >= 0.3 is 5.97 Å². The van der Waals surface area contributed by atoms with Gasteiger partial charge in [-0.25, -0.2) is 4.79 Å². The van der Waals surface area contributed by atoms with Crippen molar-refractivity contribution in [1.29, 1.82) is 5.26 Å². The number of allylic oxidation sites excluding steroid dienone is 2.